The molecule has 1 aliphatic heterocycles. The number of hydrogen-bond acceptors (Lipinski definition) is 5. The number of nitrogens with zero attached hydrogens (tertiary/aromatic N) is 2. The van der Waals surface area contributed by atoms with Gasteiger partial charge in [0.15, 0.2) is 0 Å². The molecule has 3 aromatic rings. The van der Waals surface area contributed by atoms with Crippen LogP contribution in [-0.4, -0.2) is 43.0 Å². The Hall–Kier alpha value is -3.33. The van der Waals surface area contributed by atoms with Gasteiger partial charge in [0.25, 0.3) is 5.91 Å². The van der Waals surface area contributed by atoms with Crippen molar-refractivity contribution in [3.63, 3.8) is 0 Å². The monoisotopic (exact) mass is 547 g/mol. The summed E-state index contributed by atoms with van der Waals surface area (Å²) < 4.78 is 20.3. The van der Waals surface area contributed by atoms with Crippen molar-refractivity contribution in [2.75, 3.05) is 13.7 Å². The van der Waals surface area contributed by atoms with Crippen LogP contribution in [0.5, 0.6) is 5.75 Å². The molecule has 1 aliphatic rings. The molecule has 8 heteroatoms. The van der Waals surface area contributed by atoms with Gasteiger partial charge in [-0.05, 0) is 75.1 Å². The van der Waals surface area contributed by atoms with Crippen molar-refractivity contribution < 1.29 is 18.8 Å². The minimum Gasteiger partial charge on any atom is -0.497 e. The van der Waals surface area contributed by atoms with Crippen molar-refractivity contribution >= 4 is 23.0 Å². The summed E-state index contributed by atoms with van der Waals surface area (Å²) in [5, 5.41) is 12.9. The minimum atomic E-state index is -1.32. The predicted molar refractivity (Wildman–Crippen MR) is 156 cm³/mol. The van der Waals surface area contributed by atoms with Crippen LogP contribution in [0.4, 0.5) is 0 Å². The van der Waals surface area contributed by atoms with Crippen LogP contribution in [0.15, 0.2) is 60.7 Å². The van der Waals surface area contributed by atoms with Gasteiger partial charge in [0.1, 0.15) is 22.4 Å². The van der Waals surface area contributed by atoms with Gasteiger partial charge in [-0.25, -0.2) is 13.5 Å². The van der Waals surface area contributed by atoms with E-state index in [-0.39, 0.29) is 18.6 Å². The molecule has 0 saturated carbocycles. The standard InChI is InChI=1S/C31H37N3O4S/c1-6-9-21-10-7-12-23(16-21)29-28-24(20-34(27(28)14-15-35)39(37)31(2,3)4)18-26(33-29)30(36)32-19-22-11-8-13-25(17-22)38-5/h6-13,16-18,27,35H,14-15,19-20H2,1-5H3,(H,32,36)/b9-6+/t27-,39-/m1/s1. The lowest BCUT2D eigenvalue weighted by Crippen LogP contribution is -2.36. The Balaban J connectivity index is 1.78. The van der Waals surface area contributed by atoms with Crippen LogP contribution < -0.4 is 10.1 Å². The highest BCUT2D eigenvalue weighted by atomic mass is 32.2. The summed E-state index contributed by atoms with van der Waals surface area (Å²) in [5.41, 5.74) is 5.60. The van der Waals surface area contributed by atoms with E-state index in [0.29, 0.717) is 30.9 Å². The Kier molecular flexibility index (Phi) is 9.00. The lowest BCUT2D eigenvalue weighted by Gasteiger charge is -2.30. The zero-order chi connectivity index (χ0) is 28.2. The number of allylic oxidation sites excluding steroid dienone is 1. The van der Waals surface area contributed by atoms with Crippen LogP contribution in [0.2, 0.25) is 0 Å². The number of carbonyl (C=O) groups excluding carboxylic acids is 1. The van der Waals surface area contributed by atoms with Gasteiger partial charge in [-0.3, -0.25) is 4.79 Å². The third-order valence-corrected chi connectivity index (χ3v) is 8.49. The fourth-order valence-corrected chi connectivity index (χ4v) is 6.24. The summed E-state index contributed by atoms with van der Waals surface area (Å²) in [5.74, 6) is 0.433. The second-order valence-corrected chi connectivity index (χ2v) is 12.7. The molecule has 0 unspecified atom stereocenters. The van der Waals surface area contributed by atoms with Gasteiger partial charge in [-0.2, -0.15) is 0 Å². The number of aliphatic hydroxyl groups is 1. The Morgan fingerprint density at radius 2 is 1.97 bits per heavy atom. The van der Waals surface area contributed by atoms with Gasteiger partial charge in [-0.1, -0.05) is 42.5 Å². The second kappa shape index (κ2) is 12.2. The first-order valence-electron chi connectivity index (χ1n) is 13.1. The van der Waals surface area contributed by atoms with Crippen molar-refractivity contribution in [3.8, 4) is 17.0 Å². The lowest BCUT2D eigenvalue weighted by atomic mass is 9.95. The van der Waals surface area contributed by atoms with Crippen LogP contribution in [0.25, 0.3) is 17.3 Å². The summed E-state index contributed by atoms with van der Waals surface area (Å²) in [6.45, 7) is 8.48. The van der Waals surface area contributed by atoms with E-state index in [1.807, 2.05) is 92.7 Å². The number of amides is 1. The molecule has 1 aromatic heterocycles. The average molecular weight is 548 g/mol. The number of aromatic nitrogens is 1. The van der Waals surface area contributed by atoms with Crippen molar-refractivity contribution in [2.45, 2.75) is 58.0 Å². The number of ether oxygens (including phenoxy) is 1. The molecule has 0 radical (unpaired) electrons. The number of methoxy groups -OCH3 is 1. The SMILES string of the molecule is C/C=C/c1cccc(-c2nc(C(=O)NCc3cccc(OC)c3)cc3c2[C@@H](CCO)N([S@](=O)C(C)(C)C)C3)c1. The molecular formula is C31H37N3O4S. The van der Waals surface area contributed by atoms with Crippen LogP contribution >= 0.6 is 0 Å². The zero-order valence-corrected chi connectivity index (χ0v) is 24.0. The molecule has 0 saturated heterocycles. The molecule has 2 atom stereocenters. The minimum absolute atomic E-state index is 0.0528. The number of hydrogen-bond donors (Lipinski definition) is 2. The highest BCUT2D eigenvalue weighted by Crippen LogP contribution is 2.44. The van der Waals surface area contributed by atoms with Gasteiger partial charge in [0.05, 0.1) is 23.6 Å². The van der Waals surface area contributed by atoms with E-state index >= 15 is 0 Å². The zero-order valence-electron chi connectivity index (χ0n) is 23.2. The van der Waals surface area contributed by atoms with Gasteiger partial charge >= 0.3 is 0 Å². The maximum Gasteiger partial charge on any atom is 0.270 e. The summed E-state index contributed by atoms with van der Waals surface area (Å²) in [4.78, 5) is 18.3. The maximum atomic E-state index is 13.6. The molecular weight excluding hydrogens is 510 g/mol. The number of rotatable bonds is 9. The van der Waals surface area contributed by atoms with Crippen LogP contribution in [0.3, 0.4) is 0 Å². The highest BCUT2D eigenvalue weighted by molar-refractivity contribution is 7.84. The van der Waals surface area contributed by atoms with Crippen LogP contribution in [0.1, 0.15) is 72.9 Å². The largest absolute Gasteiger partial charge is 0.497 e. The van der Waals surface area contributed by atoms with E-state index in [0.717, 1.165) is 33.6 Å². The Bertz CT molecular complexity index is 1400. The molecule has 206 valence electrons. The van der Waals surface area contributed by atoms with Crippen molar-refractivity contribution in [1.29, 1.82) is 0 Å². The summed E-state index contributed by atoms with van der Waals surface area (Å²) in [7, 11) is 0.290. The summed E-state index contributed by atoms with van der Waals surface area (Å²) in [6, 6.07) is 17.1. The van der Waals surface area contributed by atoms with Gasteiger partial charge in [0.2, 0.25) is 0 Å². The van der Waals surface area contributed by atoms with Crippen molar-refractivity contribution in [1.82, 2.24) is 14.6 Å². The van der Waals surface area contributed by atoms with Gasteiger partial charge in [-0.15, -0.1) is 0 Å². The fourth-order valence-electron chi connectivity index (χ4n) is 4.84. The molecule has 1 amide bonds. The first-order chi connectivity index (χ1) is 18.7. The van der Waals surface area contributed by atoms with E-state index in [4.69, 9.17) is 9.72 Å². The van der Waals surface area contributed by atoms with Crippen molar-refractivity contribution in [3.05, 3.63) is 88.6 Å². The number of aliphatic hydroxyl groups excluding tert-OH is 1. The van der Waals surface area contributed by atoms with E-state index in [9.17, 15) is 14.1 Å². The first kappa shape index (κ1) is 28.7. The first-order valence-corrected chi connectivity index (χ1v) is 14.2. The molecule has 2 heterocycles. The number of carbonyl (C=O) groups is 1. The molecule has 2 aromatic carbocycles. The summed E-state index contributed by atoms with van der Waals surface area (Å²) >= 11 is 0. The third-order valence-electron chi connectivity index (χ3n) is 6.63. The number of fused-ring (bicyclic) bond motifs is 1. The predicted octanol–water partition coefficient (Wildman–Crippen LogP) is 5.42. The molecule has 39 heavy (non-hydrogen) atoms. The summed E-state index contributed by atoms with van der Waals surface area (Å²) in [6.07, 6.45) is 4.40. The van der Waals surface area contributed by atoms with Crippen LogP contribution in [-0.2, 0) is 24.1 Å². The highest BCUT2D eigenvalue weighted by Gasteiger charge is 2.40. The van der Waals surface area contributed by atoms with Gasteiger partial charge < -0.3 is 15.2 Å². The smallest absolute Gasteiger partial charge is 0.270 e. The Morgan fingerprint density at radius 3 is 2.67 bits per heavy atom. The topological polar surface area (TPSA) is 91.8 Å². The van der Waals surface area contributed by atoms with Crippen molar-refractivity contribution in [2.24, 2.45) is 0 Å². The molecule has 2 N–H and O–H groups in total. The second-order valence-electron chi connectivity index (χ2n) is 10.6. The van der Waals surface area contributed by atoms with E-state index in [1.165, 1.54) is 0 Å². The van der Waals surface area contributed by atoms with E-state index in [2.05, 4.69) is 5.32 Å². The number of nitrogens with one attached hydrogen (secondary N) is 1. The number of pyridine rings is 1. The lowest BCUT2D eigenvalue weighted by molar-refractivity contribution is 0.0946. The molecule has 0 fully saturated rings. The average Bonchev–Trinajstić information content (AvgIpc) is 3.29. The molecule has 0 aliphatic carbocycles. The Labute approximate surface area is 233 Å². The molecule has 4 rings (SSSR count). The molecule has 7 nitrogen and oxygen atoms in total. The fraction of sp³-hybridized carbons (Fsp3) is 0.355. The third kappa shape index (κ3) is 6.46. The normalized spacial score (nSPS) is 16.3. The Morgan fingerprint density at radius 1 is 1.21 bits per heavy atom. The van der Waals surface area contributed by atoms with E-state index < -0.39 is 15.7 Å². The van der Waals surface area contributed by atoms with E-state index in [1.54, 1.807) is 13.2 Å². The quantitative estimate of drug-likeness (QED) is 0.373. The molecule has 0 spiro atoms. The molecule has 0 bridgehead atoms. The number of benzene rings is 2. The van der Waals surface area contributed by atoms with Crippen LogP contribution in [0, 0.1) is 0 Å². The maximum absolute atomic E-state index is 13.6. The van der Waals surface area contributed by atoms with Gasteiger partial charge in [0, 0.05) is 30.8 Å².